The van der Waals surface area contributed by atoms with Gasteiger partial charge in [-0.05, 0) is 18.8 Å². The summed E-state index contributed by atoms with van der Waals surface area (Å²) in [5, 5.41) is 3.28. The van der Waals surface area contributed by atoms with E-state index < -0.39 is 0 Å². The highest BCUT2D eigenvalue weighted by atomic mass is 16.5. The van der Waals surface area contributed by atoms with Crippen molar-refractivity contribution in [2.75, 3.05) is 26.8 Å². The SMILES string of the molecule is COCCNCC=CC1CCC1. The van der Waals surface area contributed by atoms with E-state index in [2.05, 4.69) is 17.5 Å². The Labute approximate surface area is 75.0 Å². The van der Waals surface area contributed by atoms with Crippen LogP contribution in [0.1, 0.15) is 19.3 Å². The van der Waals surface area contributed by atoms with Gasteiger partial charge in [-0.25, -0.2) is 0 Å². The Hall–Kier alpha value is -0.340. The van der Waals surface area contributed by atoms with Gasteiger partial charge < -0.3 is 10.1 Å². The summed E-state index contributed by atoms with van der Waals surface area (Å²) in [7, 11) is 1.73. The maximum absolute atomic E-state index is 4.92. The van der Waals surface area contributed by atoms with Crippen LogP contribution in [0.3, 0.4) is 0 Å². The molecule has 1 aliphatic rings. The van der Waals surface area contributed by atoms with Crippen LogP contribution >= 0.6 is 0 Å². The molecule has 0 aromatic rings. The van der Waals surface area contributed by atoms with Crippen molar-refractivity contribution in [1.82, 2.24) is 5.32 Å². The van der Waals surface area contributed by atoms with Crippen LogP contribution in [0.5, 0.6) is 0 Å². The predicted molar refractivity (Wildman–Crippen MR) is 51.2 cm³/mol. The maximum atomic E-state index is 4.92. The van der Waals surface area contributed by atoms with Gasteiger partial charge in [0.2, 0.25) is 0 Å². The van der Waals surface area contributed by atoms with E-state index in [1.54, 1.807) is 7.11 Å². The summed E-state index contributed by atoms with van der Waals surface area (Å²) in [6, 6.07) is 0. The number of allylic oxidation sites excluding steroid dienone is 1. The number of ether oxygens (including phenoxy) is 1. The van der Waals surface area contributed by atoms with E-state index in [1.807, 2.05) is 0 Å². The van der Waals surface area contributed by atoms with Crippen LogP contribution in [0.25, 0.3) is 0 Å². The summed E-state index contributed by atoms with van der Waals surface area (Å²) in [5.74, 6) is 0.884. The average molecular weight is 169 g/mol. The second-order valence-corrected chi connectivity index (χ2v) is 3.32. The summed E-state index contributed by atoms with van der Waals surface area (Å²) >= 11 is 0. The largest absolute Gasteiger partial charge is 0.383 e. The molecule has 2 heteroatoms. The molecule has 0 spiro atoms. The van der Waals surface area contributed by atoms with Crippen molar-refractivity contribution >= 4 is 0 Å². The van der Waals surface area contributed by atoms with Crippen molar-refractivity contribution in [2.24, 2.45) is 5.92 Å². The maximum Gasteiger partial charge on any atom is 0.0587 e. The fourth-order valence-electron chi connectivity index (χ4n) is 1.25. The Kier molecular flexibility index (Phi) is 5.04. The van der Waals surface area contributed by atoms with Gasteiger partial charge in [-0.2, -0.15) is 0 Å². The van der Waals surface area contributed by atoms with Gasteiger partial charge in [0.1, 0.15) is 0 Å². The smallest absolute Gasteiger partial charge is 0.0587 e. The second-order valence-electron chi connectivity index (χ2n) is 3.32. The van der Waals surface area contributed by atoms with E-state index in [1.165, 1.54) is 19.3 Å². The first-order valence-electron chi connectivity index (χ1n) is 4.80. The fourth-order valence-corrected chi connectivity index (χ4v) is 1.25. The van der Waals surface area contributed by atoms with Crippen LogP contribution < -0.4 is 5.32 Å². The first kappa shape index (κ1) is 9.75. The second kappa shape index (κ2) is 6.21. The molecule has 0 heterocycles. The van der Waals surface area contributed by atoms with Crippen LogP contribution in [0.15, 0.2) is 12.2 Å². The van der Waals surface area contributed by atoms with Crippen LogP contribution in [-0.4, -0.2) is 26.8 Å². The van der Waals surface area contributed by atoms with E-state index >= 15 is 0 Å². The number of methoxy groups -OCH3 is 1. The molecule has 0 saturated heterocycles. The van der Waals surface area contributed by atoms with Crippen molar-refractivity contribution in [3.63, 3.8) is 0 Å². The zero-order valence-electron chi connectivity index (χ0n) is 7.88. The van der Waals surface area contributed by atoms with E-state index in [-0.39, 0.29) is 0 Å². The van der Waals surface area contributed by atoms with Gasteiger partial charge in [-0.15, -0.1) is 0 Å². The standard InChI is InChI=1S/C10H19NO/c1-12-9-8-11-7-3-6-10-4-2-5-10/h3,6,10-11H,2,4-5,7-9H2,1H3. The summed E-state index contributed by atoms with van der Waals surface area (Å²) < 4.78 is 4.92. The van der Waals surface area contributed by atoms with E-state index in [4.69, 9.17) is 4.74 Å². The Bertz CT molecular complexity index is 130. The Balaban J connectivity index is 1.83. The third kappa shape index (κ3) is 3.88. The molecule has 0 aromatic heterocycles. The van der Waals surface area contributed by atoms with Gasteiger partial charge in [-0.1, -0.05) is 18.6 Å². The lowest BCUT2D eigenvalue weighted by Crippen LogP contribution is -2.19. The Morgan fingerprint density at radius 2 is 2.33 bits per heavy atom. The molecule has 1 N–H and O–H groups in total. The highest BCUT2D eigenvalue weighted by molar-refractivity contribution is 4.93. The first-order chi connectivity index (χ1) is 5.93. The van der Waals surface area contributed by atoms with Gasteiger partial charge in [-0.3, -0.25) is 0 Å². The van der Waals surface area contributed by atoms with Gasteiger partial charge in [0.25, 0.3) is 0 Å². The molecule has 0 unspecified atom stereocenters. The summed E-state index contributed by atoms with van der Waals surface area (Å²) in [4.78, 5) is 0. The lowest BCUT2D eigenvalue weighted by molar-refractivity contribution is 0.200. The van der Waals surface area contributed by atoms with E-state index in [0.717, 1.165) is 25.6 Å². The van der Waals surface area contributed by atoms with E-state index in [9.17, 15) is 0 Å². The fraction of sp³-hybridized carbons (Fsp3) is 0.800. The minimum Gasteiger partial charge on any atom is -0.383 e. The third-order valence-electron chi connectivity index (χ3n) is 2.30. The molecule has 70 valence electrons. The Morgan fingerprint density at radius 3 is 2.92 bits per heavy atom. The zero-order valence-corrected chi connectivity index (χ0v) is 7.88. The van der Waals surface area contributed by atoms with Crippen molar-refractivity contribution in [3.8, 4) is 0 Å². The molecule has 0 aliphatic heterocycles. The number of nitrogens with one attached hydrogen (secondary N) is 1. The van der Waals surface area contributed by atoms with Crippen LogP contribution in [0, 0.1) is 5.92 Å². The van der Waals surface area contributed by atoms with Crippen LogP contribution in [0.4, 0.5) is 0 Å². The highest BCUT2D eigenvalue weighted by Gasteiger charge is 2.12. The normalized spacial score (nSPS) is 18.4. The molecule has 0 atom stereocenters. The summed E-state index contributed by atoms with van der Waals surface area (Å²) in [5.41, 5.74) is 0. The van der Waals surface area contributed by atoms with Crippen molar-refractivity contribution in [2.45, 2.75) is 19.3 Å². The predicted octanol–water partition coefficient (Wildman–Crippen LogP) is 1.58. The Morgan fingerprint density at radius 1 is 1.50 bits per heavy atom. The van der Waals surface area contributed by atoms with Crippen molar-refractivity contribution in [1.29, 1.82) is 0 Å². The summed E-state index contributed by atoms with van der Waals surface area (Å²) in [6.07, 6.45) is 8.79. The summed E-state index contributed by atoms with van der Waals surface area (Å²) in [6.45, 7) is 2.74. The lowest BCUT2D eigenvalue weighted by atomic mass is 9.85. The number of rotatable bonds is 6. The molecule has 0 aromatic carbocycles. The monoisotopic (exact) mass is 169 g/mol. The first-order valence-corrected chi connectivity index (χ1v) is 4.80. The zero-order chi connectivity index (χ0) is 8.65. The molecule has 1 rings (SSSR count). The minimum atomic E-state index is 0.803. The molecule has 1 aliphatic carbocycles. The van der Waals surface area contributed by atoms with Crippen LogP contribution in [0.2, 0.25) is 0 Å². The topological polar surface area (TPSA) is 21.3 Å². The van der Waals surface area contributed by atoms with Gasteiger partial charge in [0, 0.05) is 20.2 Å². The molecule has 0 bridgehead atoms. The minimum absolute atomic E-state index is 0.803. The molecule has 0 radical (unpaired) electrons. The molecular formula is C10H19NO. The molecule has 12 heavy (non-hydrogen) atoms. The highest BCUT2D eigenvalue weighted by Crippen LogP contribution is 2.26. The quantitative estimate of drug-likeness (QED) is 0.481. The molecule has 0 amide bonds. The number of hydrogen-bond donors (Lipinski definition) is 1. The van der Waals surface area contributed by atoms with Gasteiger partial charge >= 0.3 is 0 Å². The van der Waals surface area contributed by atoms with Crippen molar-refractivity contribution in [3.05, 3.63) is 12.2 Å². The molecule has 2 nitrogen and oxygen atoms in total. The van der Waals surface area contributed by atoms with E-state index in [0.29, 0.717) is 0 Å². The molecule has 1 saturated carbocycles. The number of hydrogen-bond acceptors (Lipinski definition) is 2. The molecular weight excluding hydrogens is 150 g/mol. The van der Waals surface area contributed by atoms with Crippen molar-refractivity contribution < 1.29 is 4.74 Å². The molecule has 1 fully saturated rings. The lowest BCUT2D eigenvalue weighted by Gasteiger charge is -2.21. The van der Waals surface area contributed by atoms with Gasteiger partial charge in [0.15, 0.2) is 0 Å². The third-order valence-corrected chi connectivity index (χ3v) is 2.30. The average Bonchev–Trinajstić information content (AvgIpc) is 2.00. The van der Waals surface area contributed by atoms with Gasteiger partial charge in [0.05, 0.1) is 6.61 Å². The van der Waals surface area contributed by atoms with Crippen LogP contribution in [-0.2, 0) is 4.74 Å².